The first-order valence-corrected chi connectivity index (χ1v) is 12.2. The highest BCUT2D eigenvalue weighted by atomic mass is 32.2. The molecule has 0 saturated heterocycles. The van der Waals surface area contributed by atoms with E-state index in [0.717, 1.165) is 31.6 Å². The number of hydrogen-bond donors (Lipinski definition) is 1. The number of H-pyrrole nitrogens is 1. The minimum Gasteiger partial charge on any atom is -0.447 e. The monoisotopic (exact) mass is 507 g/mol. The molecule has 0 saturated carbocycles. The van der Waals surface area contributed by atoms with Crippen molar-refractivity contribution in [2.24, 2.45) is 0 Å². The molecule has 9 nitrogen and oxygen atoms in total. The number of benzene rings is 1. The number of amides is 1. The molecule has 0 fully saturated rings. The summed E-state index contributed by atoms with van der Waals surface area (Å²) in [5, 5.41) is -0.315. The van der Waals surface area contributed by atoms with E-state index in [4.69, 9.17) is 9.47 Å². The number of carbonyl (C=O) groups excluding carboxylic acids is 1. The molecule has 190 valence electrons. The molecule has 0 radical (unpaired) electrons. The second kappa shape index (κ2) is 11.6. The summed E-state index contributed by atoms with van der Waals surface area (Å²) in [5.41, 5.74) is -4.12. The zero-order valence-electron chi connectivity index (χ0n) is 19.4. The topological polar surface area (TPSA) is 111 Å². The number of rotatable bonds is 10. The summed E-state index contributed by atoms with van der Waals surface area (Å²) in [6.45, 7) is 3.60. The van der Waals surface area contributed by atoms with E-state index in [9.17, 15) is 31.8 Å². The van der Waals surface area contributed by atoms with Crippen LogP contribution in [-0.2, 0) is 26.6 Å². The lowest BCUT2D eigenvalue weighted by atomic mass is 9.97. The van der Waals surface area contributed by atoms with E-state index in [1.54, 1.807) is 6.92 Å². The molecule has 0 aliphatic carbocycles. The number of aromatic nitrogens is 2. The van der Waals surface area contributed by atoms with Gasteiger partial charge in [0.1, 0.15) is 11.0 Å². The van der Waals surface area contributed by atoms with Crippen LogP contribution in [0, 0.1) is 0 Å². The van der Waals surface area contributed by atoms with Crippen molar-refractivity contribution < 1.29 is 31.6 Å². The molecule has 0 aliphatic heterocycles. The maximum atomic E-state index is 13.7. The quantitative estimate of drug-likeness (QED) is 0.491. The number of hydrogen-bond acceptors (Lipinski definition) is 6. The summed E-state index contributed by atoms with van der Waals surface area (Å²) in [4.78, 5) is 40.5. The first-order valence-electron chi connectivity index (χ1n) is 10.7. The highest BCUT2D eigenvalue weighted by Crippen LogP contribution is 2.38. The van der Waals surface area contributed by atoms with Crippen LogP contribution < -0.4 is 15.7 Å². The van der Waals surface area contributed by atoms with Crippen LogP contribution in [0.3, 0.4) is 0 Å². The van der Waals surface area contributed by atoms with Crippen LogP contribution in [0.15, 0.2) is 21.7 Å². The number of halogens is 3. The summed E-state index contributed by atoms with van der Waals surface area (Å²) >= 11 is 0. The third-order valence-electron chi connectivity index (χ3n) is 5.16. The highest BCUT2D eigenvalue weighted by Gasteiger charge is 2.36. The van der Waals surface area contributed by atoms with E-state index in [1.165, 1.54) is 7.11 Å². The Balaban J connectivity index is 2.65. The molecule has 0 bridgehead atoms. The van der Waals surface area contributed by atoms with Crippen molar-refractivity contribution in [2.45, 2.75) is 58.2 Å². The Morgan fingerprint density at radius 2 is 1.88 bits per heavy atom. The molecule has 1 heterocycles. The summed E-state index contributed by atoms with van der Waals surface area (Å²) in [7, 11) is -0.957. The van der Waals surface area contributed by atoms with Gasteiger partial charge in [-0.25, -0.2) is 13.8 Å². The van der Waals surface area contributed by atoms with Gasteiger partial charge in [0.2, 0.25) is 0 Å². The van der Waals surface area contributed by atoms with E-state index >= 15 is 0 Å². The number of ether oxygens (including phenoxy) is 2. The van der Waals surface area contributed by atoms with Gasteiger partial charge in [0.05, 0.1) is 29.2 Å². The number of aromatic amines is 1. The van der Waals surface area contributed by atoms with Gasteiger partial charge in [-0.05, 0) is 30.5 Å². The minimum absolute atomic E-state index is 0.0160. The van der Waals surface area contributed by atoms with Gasteiger partial charge in [0, 0.05) is 13.4 Å². The molecule has 2 unspecified atom stereocenters. The van der Waals surface area contributed by atoms with Crippen LogP contribution in [0.4, 0.5) is 18.0 Å². The number of alkyl halides is 3. The Hall–Kier alpha value is -2.67. The van der Waals surface area contributed by atoms with E-state index in [-0.39, 0.29) is 34.2 Å². The third-order valence-corrected chi connectivity index (χ3v) is 5.96. The first kappa shape index (κ1) is 27.6. The smallest absolute Gasteiger partial charge is 0.442 e. The van der Waals surface area contributed by atoms with Crippen molar-refractivity contribution in [1.82, 2.24) is 9.66 Å². The number of nitrogens with one attached hydrogen (secondary N) is 1. The van der Waals surface area contributed by atoms with Gasteiger partial charge < -0.3 is 14.5 Å². The Kier molecular flexibility index (Phi) is 9.45. The normalized spacial score (nSPS) is 13.6. The van der Waals surface area contributed by atoms with Crippen molar-refractivity contribution in [3.05, 3.63) is 44.1 Å². The molecule has 13 heteroatoms. The second-order valence-corrected chi connectivity index (χ2v) is 8.73. The molecular formula is C21H28F3N3O6S. The van der Waals surface area contributed by atoms with Crippen LogP contribution in [0.25, 0.3) is 10.9 Å². The third kappa shape index (κ3) is 6.06. The van der Waals surface area contributed by atoms with Gasteiger partial charge in [0.15, 0.2) is 0 Å². The average Bonchev–Trinajstić information content (AvgIpc) is 2.76. The fraction of sp³-hybridized carbons (Fsp3) is 0.571. The number of carbonyl (C=O) groups is 1. The number of nitrogens with zero attached hydrogens (tertiary/aromatic N) is 2. The number of methoxy groups -OCH3 is 1. The Morgan fingerprint density at radius 3 is 2.41 bits per heavy atom. The lowest BCUT2D eigenvalue weighted by molar-refractivity contribution is -0.139. The molecule has 2 aromatic rings. The fourth-order valence-electron chi connectivity index (χ4n) is 3.51. The lowest BCUT2D eigenvalue weighted by Gasteiger charge is -2.22. The molecule has 1 aromatic heterocycles. The highest BCUT2D eigenvalue weighted by molar-refractivity contribution is 7.86. The molecule has 2 atom stereocenters. The predicted octanol–water partition coefficient (Wildman–Crippen LogP) is 3.75. The minimum atomic E-state index is -4.78. The predicted molar refractivity (Wildman–Crippen MR) is 122 cm³/mol. The van der Waals surface area contributed by atoms with Gasteiger partial charge in [-0.1, -0.05) is 33.1 Å². The van der Waals surface area contributed by atoms with E-state index in [0.29, 0.717) is 16.9 Å². The van der Waals surface area contributed by atoms with Crippen LogP contribution in [0.5, 0.6) is 0 Å². The van der Waals surface area contributed by atoms with Gasteiger partial charge in [-0.15, -0.1) is 9.09 Å². The van der Waals surface area contributed by atoms with Crippen molar-refractivity contribution in [3.63, 3.8) is 0 Å². The van der Waals surface area contributed by atoms with Crippen LogP contribution in [0.2, 0.25) is 0 Å². The van der Waals surface area contributed by atoms with Gasteiger partial charge in [-0.2, -0.15) is 13.2 Å². The Morgan fingerprint density at radius 1 is 1.21 bits per heavy atom. The Labute approximate surface area is 196 Å². The molecule has 0 aliphatic rings. The lowest BCUT2D eigenvalue weighted by Crippen LogP contribution is -2.54. The van der Waals surface area contributed by atoms with E-state index < -0.39 is 46.2 Å². The van der Waals surface area contributed by atoms with Crippen molar-refractivity contribution in [2.75, 3.05) is 24.4 Å². The number of unbranched alkanes of at least 4 members (excludes halogenated alkanes) is 3. The average molecular weight is 508 g/mol. The molecular weight excluding hydrogens is 479 g/mol. The molecule has 0 spiro atoms. The standard InChI is InChI=1S/C21H28F3N3O6S/c1-5-7-8-9-10-33-20(30)27(34(4)31)26-18(28)14-11-13(17(6-2)32-3)15(21(22,23)24)12-16(14)25-19(26)29/h11-12,17H,5-10H2,1-4H3,(H,25,29). The fourth-order valence-corrected chi connectivity index (χ4v) is 4.15. The van der Waals surface area contributed by atoms with Crippen LogP contribution >= 0.6 is 0 Å². The van der Waals surface area contributed by atoms with Crippen molar-refractivity contribution >= 4 is 28.0 Å². The summed E-state index contributed by atoms with van der Waals surface area (Å²) in [6.07, 6.45) is -2.51. The molecule has 1 aromatic carbocycles. The van der Waals surface area contributed by atoms with Gasteiger partial charge in [-0.3, -0.25) is 4.79 Å². The Bertz CT molecular complexity index is 1160. The molecule has 1 N–H and O–H groups in total. The molecule has 1 amide bonds. The van der Waals surface area contributed by atoms with Gasteiger partial charge in [0.25, 0.3) is 5.56 Å². The summed E-state index contributed by atoms with van der Waals surface area (Å²) in [5.74, 6) is 0. The van der Waals surface area contributed by atoms with Crippen molar-refractivity contribution in [3.8, 4) is 0 Å². The zero-order valence-corrected chi connectivity index (χ0v) is 20.2. The van der Waals surface area contributed by atoms with Crippen LogP contribution in [-0.4, -0.2) is 39.9 Å². The first-order chi connectivity index (χ1) is 16.0. The largest absolute Gasteiger partial charge is 0.447 e. The second-order valence-electron chi connectivity index (χ2n) is 7.53. The SMILES string of the molecule is CCCCCCOC(=O)N(n1c(=O)[nH]c2cc(C(F)(F)F)c(C(CC)OC)cc2c1=O)S(C)=O. The maximum absolute atomic E-state index is 13.7. The van der Waals surface area contributed by atoms with E-state index in [1.807, 2.05) is 6.92 Å². The maximum Gasteiger partial charge on any atom is 0.442 e. The summed E-state index contributed by atoms with van der Waals surface area (Å²) in [6, 6.07) is 1.62. The van der Waals surface area contributed by atoms with Crippen LogP contribution in [0.1, 0.15) is 63.2 Å². The molecule has 2 rings (SSSR count). The van der Waals surface area contributed by atoms with Gasteiger partial charge >= 0.3 is 18.0 Å². The summed E-state index contributed by atoms with van der Waals surface area (Å²) < 4.78 is 64.1. The number of fused-ring (bicyclic) bond motifs is 1. The van der Waals surface area contributed by atoms with Crippen molar-refractivity contribution in [1.29, 1.82) is 0 Å². The zero-order chi connectivity index (χ0) is 25.6. The molecule has 34 heavy (non-hydrogen) atoms. The van der Waals surface area contributed by atoms with E-state index in [2.05, 4.69) is 4.98 Å².